The van der Waals surface area contributed by atoms with Gasteiger partial charge in [0.25, 0.3) is 0 Å². The maximum atomic E-state index is 9.15. The van der Waals surface area contributed by atoms with Crippen LogP contribution in [0.3, 0.4) is 0 Å². The number of rotatable bonds is 5. The van der Waals surface area contributed by atoms with E-state index in [9.17, 15) is 0 Å². The van der Waals surface area contributed by atoms with E-state index < -0.39 is 5.41 Å². The van der Waals surface area contributed by atoms with Gasteiger partial charge in [-0.25, -0.2) is 0 Å². The van der Waals surface area contributed by atoms with Crippen LogP contribution in [0.4, 0.5) is 0 Å². The molecule has 0 aliphatic carbocycles. The van der Waals surface area contributed by atoms with Gasteiger partial charge in [0.15, 0.2) is 0 Å². The minimum Gasteiger partial charge on any atom is -0.330 e. The van der Waals surface area contributed by atoms with Crippen molar-refractivity contribution < 1.29 is 0 Å². The molecule has 17 heavy (non-hydrogen) atoms. The lowest BCUT2D eigenvalue weighted by molar-refractivity contribution is 0.434. The lowest BCUT2D eigenvalue weighted by Gasteiger charge is -2.25. The van der Waals surface area contributed by atoms with Gasteiger partial charge in [-0.05, 0) is 31.9 Å². The van der Waals surface area contributed by atoms with E-state index in [4.69, 9.17) is 11.0 Å². The smallest absolute Gasteiger partial charge is 0.0828 e. The summed E-state index contributed by atoms with van der Waals surface area (Å²) in [5.41, 5.74) is 6.06. The van der Waals surface area contributed by atoms with E-state index in [1.54, 1.807) is 6.08 Å². The summed E-state index contributed by atoms with van der Waals surface area (Å²) in [5, 5.41) is 9.15. The molecule has 2 N–H and O–H groups in total. The number of allylic oxidation sites excluding steroid dienone is 3. The Morgan fingerprint density at radius 1 is 1.35 bits per heavy atom. The zero-order valence-corrected chi connectivity index (χ0v) is 12.5. The molecule has 0 saturated carbocycles. The third-order valence-corrected chi connectivity index (χ3v) is 2.47. The minimum atomic E-state index is -0.425. The second-order valence-electron chi connectivity index (χ2n) is 3.03. The van der Waals surface area contributed by atoms with Crippen LogP contribution in [0.2, 0.25) is 0 Å². The van der Waals surface area contributed by atoms with Gasteiger partial charge in [-0.15, -0.1) is 0 Å². The van der Waals surface area contributed by atoms with Gasteiger partial charge >= 0.3 is 0 Å². The summed E-state index contributed by atoms with van der Waals surface area (Å²) < 4.78 is 0. The third kappa shape index (κ3) is 6.97. The molecule has 0 saturated heterocycles. The molecule has 1 atom stereocenters. The first kappa shape index (κ1) is 21.2. The van der Waals surface area contributed by atoms with Crippen molar-refractivity contribution in [3.05, 3.63) is 24.3 Å². The van der Waals surface area contributed by atoms with Crippen molar-refractivity contribution in [3.8, 4) is 6.07 Å². The van der Waals surface area contributed by atoms with Crippen molar-refractivity contribution in [2.24, 2.45) is 11.1 Å². The summed E-state index contributed by atoms with van der Waals surface area (Å²) in [7, 11) is 0. The van der Waals surface area contributed by atoms with E-state index in [1.165, 1.54) is 0 Å². The van der Waals surface area contributed by atoms with Crippen molar-refractivity contribution >= 4 is 0 Å². The molecular formula is C15H30N2. The Labute approximate surface area is 108 Å². The standard InChI is InChI=1S/C11H18N2.2C2H6/c1-4-10(5-2)11(6-3,9-13)7-8-12;2*1-2/h4-5H,1,6-8,12H2,2-3H3;2*1-2H3/b10-5+;;. The highest BCUT2D eigenvalue weighted by molar-refractivity contribution is 5.31. The SMILES string of the molecule is C=C/C(=C\C)C(C#N)(CC)CCN.CC.CC. The molecule has 100 valence electrons. The van der Waals surface area contributed by atoms with Gasteiger partial charge in [0.1, 0.15) is 0 Å². The van der Waals surface area contributed by atoms with E-state index in [-0.39, 0.29) is 0 Å². The van der Waals surface area contributed by atoms with Gasteiger partial charge in [0.05, 0.1) is 11.5 Å². The number of nitriles is 1. The molecule has 0 spiro atoms. The Bertz CT molecular complexity index is 236. The first-order valence-corrected chi connectivity index (χ1v) is 6.61. The molecule has 2 nitrogen and oxygen atoms in total. The minimum absolute atomic E-state index is 0.425. The summed E-state index contributed by atoms with van der Waals surface area (Å²) in [6, 6.07) is 2.35. The zero-order valence-electron chi connectivity index (χ0n) is 12.5. The summed E-state index contributed by atoms with van der Waals surface area (Å²) >= 11 is 0. The van der Waals surface area contributed by atoms with E-state index in [1.807, 2.05) is 47.6 Å². The predicted octanol–water partition coefficient (Wildman–Crippen LogP) is 4.44. The summed E-state index contributed by atoms with van der Waals surface area (Å²) in [6.07, 6.45) is 5.18. The Morgan fingerprint density at radius 2 is 1.82 bits per heavy atom. The summed E-state index contributed by atoms with van der Waals surface area (Å²) in [6.45, 7) is 16.2. The average Bonchev–Trinajstić information content (AvgIpc) is 2.43. The molecule has 0 heterocycles. The molecule has 0 amide bonds. The van der Waals surface area contributed by atoms with E-state index in [2.05, 4.69) is 12.6 Å². The molecule has 0 bridgehead atoms. The van der Waals surface area contributed by atoms with Crippen LogP contribution in [-0.2, 0) is 0 Å². The van der Waals surface area contributed by atoms with Crippen LogP contribution in [0.5, 0.6) is 0 Å². The molecule has 0 radical (unpaired) electrons. The van der Waals surface area contributed by atoms with Gasteiger partial charge in [-0.1, -0.05) is 53.3 Å². The second-order valence-corrected chi connectivity index (χ2v) is 3.03. The fourth-order valence-corrected chi connectivity index (χ4v) is 1.56. The maximum absolute atomic E-state index is 9.15. The predicted molar refractivity (Wildman–Crippen MR) is 78.7 cm³/mol. The maximum Gasteiger partial charge on any atom is 0.0828 e. The number of nitrogens with two attached hydrogens (primary N) is 1. The largest absolute Gasteiger partial charge is 0.330 e. The fourth-order valence-electron chi connectivity index (χ4n) is 1.56. The monoisotopic (exact) mass is 238 g/mol. The fraction of sp³-hybridized carbons (Fsp3) is 0.667. The molecule has 0 rings (SSSR count). The van der Waals surface area contributed by atoms with Crippen molar-refractivity contribution in [1.29, 1.82) is 5.26 Å². The van der Waals surface area contributed by atoms with Crippen molar-refractivity contribution in [3.63, 3.8) is 0 Å². The van der Waals surface area contributed by atoms with Gasteiger partial charge < -0.3 is 5.73 Å². The van der Waals surface area contributed by atoms with Gasteiger partial charge in [-0.2, -0.15) is 5.26 Å². The molecule has 0 fully saturated rings. The molecule has 1 unspecified atom stereocenters. The molecule has 0 aliphatic heterocycles. The van der Waals surface area contributed by atoms with Crippen molar-refractivity contribution in [2.45, 2.75) is 54.4 Å². The van der Waals surface area contributed by atoms with Crippen molar-refractivity contribution in [2.75, 3.05) is 6.54 Å². The van der Waals surface area contributed by atoms with Crippen LogP contribution in [0.1, 0.15) is 54.4 Å². The molecule has 2 heteroatoms. The number of hydrogen-bond acceptors (Lipinski definition) is 2. The van der Waals surface area contributed by atoms with Crippen LogP contribution in [0, 0.1) is 16.7 Å². The van der Waals surface area contributed by atoms with Gasteiger partial charge in [0.2, 0.25) is 0 Å². The quantitative estimate of drug-likeness (QED) is 0.720. The van der Waals surface area contributed by atoms with Crippen LogP contribution in [0.15, 0.2) is 24.3 Å². The molecule has 0 aromatic heterocycles. The van der Waals surface area contributed by atoms with E-state index in [0.717, 1.165) is 12.0 Å². The highest BCUT2D eigenvalue weighted by atomic mass is 14.5. The van der Waals surface area contributed by atoms with E-state index >= 15 is 0 Å². The zero-order chi connectivity index (χ0) is 14.3. The molecular weight excluding hydrogens is 208 g/mol. The van der Waals surface area contributed by atoms with Gasteiger partial charge in [-0.3, -0.25) is 0 Å². The van der Waals surface area contributed by atoms with Crippen molar-refractivity contribution in [1.82, 2.24) is 0 Å². The first-order chi connectivity index (χ1) is 8.20. The van der Waals surface area contributed by atoms with Crippen LogP contribution in [0.25, 0.3) is 0 Å². The second kappa shape index (κ2) is 14.9. The lowest BCUT2D eigenvalue weighted by Crippen LogP contribution is -2.23. The summed E-state index contributed by atoms with van der Waals surface area (Å²) in [4.78, 5) is 0. The highest BCUT2D eigenvalue weighted by Crippen LogP contribution is 2.34. The molecule has 0 aromatic rings. The number of hydrogen-bond donors (Lipinski definition) is 1. The first-order valence-electron chi connectivity index (χ1n) is 6.61. The Balaban J connectivity index is -0.000000439. The van der Waals surface area contributed by atoms with Crippen LogP contribution < -0.4 is 5.73 Å². The van der Waals surface area contributed by atoms with E-state index in [0.29, 0.717) is 13.0 Å². The Kier molecular flexibility index (Phi) is 18.7. The Morgan fingerprint density at radius 3 is 2.00 bits per heavy atom. The molecule has 0 aliphatic rings. The number of nitrogens with zero attached hydrogens (tertiary/aromatic N) is 1. The highest BCUT2D eigenvalue weighted by Gasteiger charge is 2.29. The molecule has 0 aromatic carbocycles. The van der Waals surface area contributed by atoms with Crippen LogP contribution in [-0.4, -0.2) is 6.54 Å². The Hall–Kier alpha value is -1.07. The average molecular weight is 238 g/mol. The topological polar surface area (TPSA) is 49.8 Å². The van der Waals surface area contributed by atoms with Gasteiger partial charge in [0, 0.05) is 0 Å². The lowest BCUT2D eigenvalue weighted by atomic mass is 9.76. The summed E-state index contributed by atoms with van der Waals surface area (Å²) in [5.74, 6) is 0. The third-order valence-electron chi connectivity index (χ3n) is 2.47. The normalized spacial score (nSPS) is 12.9. The van der Waals surface area contributed by atoms with Crippen LogP contribution >= 0.6 is 0 Å².